The van der Waals surface area contributed by atoms with Crippen molar-refractivity contribution in [2.75, 3.05) is 19.9 Å². The van der Waals surface area contributed by atoms with E-state index in [1.807, 2.05) is 0 Å². The third-order valence-corrected chi connectivity index (χ3v) is 4.01. The Labute approximate surface area is 132 Å². The second-order valence-corrected chi connectivity index (χ2v) is 7.42. The smallest absolute Gasteiger partial charge is 0.325 e. The predicted octanol–water partition coefficient (Wildman–Crippen LogP) is -0.373. The van der Waals surface area contributed by atoms with Crippen LogP contribution in [0.25, 0.3) is 0 Å². The lowest BCUT2D eigenvalue weighted by molar-refractivity contribution is -0.367. The van der Waals surface area contributed by atoms with Gasteiger partial charge in [-0.05, 0) is 6.42 Å². The summed E-state index contributed by atoms with van der Waals surface area (Å²) in [7, 11) is -2.03. The summed E-state index contributed by atoms with van der Waals surface area (Å²) in [4.78, 5) is 14.6. The van der Waals surface area contributed by atoms with Crippen LogP contribution in [-0.4, -0.2) is 72.5 Å². The molecule has 10 heteroatoms. The number of hydrogen-bond donors (Lipinski definition) is 3. The van der Waals surface area contributed by atoms with Crippen LogP contribution in [0.5, 0.6) is 0 Å². The number of rotatable bonds is 9. The first-order valence-corrected chi connectivity index (χ1v) is 9.66. The number of unbranched alkanes of at least 4 members (excludes halogenated alkanes) is 3. The van der Waals surface area contributed by atoms with E-state index in [1.54, 1.807) is 7.85 Å². The molecule has 3 N–H and O–H groups in total. The third-order valence-electron chi connectivity index (χ3n) is 3.38. The zero-order valence-corrected chi connectivity index (χ0v) is 14.3. The van der Waals surface area contributed by atoms with Gasteiger partial charge in [0.15, 0.2) is 12.5 Å². The maximum absolute atomic E-state index is 11.2. The van der Waals surface area contributed by atoms with E-state index in [4.69, 9.17) is 19.0 Å². The van der Waals surface area contributed by atoms with Gasteiger partial charge in [0.2, 0.25) is 0 Å². The Morgan fingerprint density at radius 1 is 1.27 bits per heavy atom. The number of nitrogens with zero attached hydrogens (tertiary/aromatic N) is 1. The number of aliphatic hydroxyl groups excluding tert-OH is 2. The van der Waals surface area contributed by atoms with Crippen molar-refractivity contribution in [1.29, 1.82) is 0 Å². The van der Waals surface area contributed by atoms with Gasteiger partial charge in [-0.3, -0.25) is 9.40 Å². The summed E-state index contributed by atoms with van der Waals surface area (Å²) >= 11 is 0. The van der Waals surface area contributed by atoms with E-state index in [1.165, 1.54) is 0 Å². The molecule has 0 aromatic rings. The zero-order chi connectivity index (χ0) is 16.8. The first-order valence-electron chi connectivity index (χ1n) is 7.64. The molecule has 0 saturated carbocycles. The zero-order valence-electron chi connectivity index (χ0n) is 13.4. The predicted molar refractivity (Wildman–Crippen MR) is 82.9 cm³/mol. The van der Waals surface area contributed by atoms with Crippen LogP contribution in [0.4, 0.5) is 0 Å². The molecule has 130 valence electrons. The second kappa shape index (κ2) is 9.34. The minimum Gasteiger partial charge on any atom is -0.374 e. The fourth-order valence-electron chi connectivity index (χ4n) is 2.13. The Morgan fingerprint density at radius 2 is 1.95 bits per heavy atom. The van der Waals surface area contributed by atoms with Crippen molar-refractivity contribution < 1.29 is 33.8 Å². The Kier molecular flexibility index (Phi) is 8.52. The number of aliphatic hydroxyl groups is 2. The molecule has 0 aliphatic carbocycles. The van der Waals surface area contributed by atoms with Crippen molar-refractivity contribution in [2.24, 2.45) is 0 Å². The average Bonchev–Trinajstić information content (AvgIpc) is 2.43. The molecule has 5 atom stereocenters. The summed E-state index contributed by atoms with van der Waals surface area (Å²) in [5.41, 5.74) is 0. The molecule has 1 aliphatic heterocycles. The minimum atomic E-state index is -3.66. The van der Waals surface area contributed by atoms with Crippen molar-refractivity contribution in [3.63, 3.8) is 0 Å². The van der Waals surface area contributed by atoms with E-state index in [2.05, 4.69) is 6.92 Å². The van der Waals surface area contributed by atoms with Crippen LogP contribution in [0.15, 0.2) is 0 Å². The van der Waals surface area contributed by atoms with Gasteiger partial charge < -0.3 is 24.4 Å². The summed E-state index contributed by atoms with van der Waals surface area (Å²) in [6.45, 7) is 3.28. The van der Waals surface area contributed by atoms with Gasteiger partial charge in [-0.15, -0.1) is 5.06 Å². The first-order chi connectivity index (χ1) is 10.3. The molecule has 22 heavy (non-hydrogen) atoms. The molecular weight excluding hydrogens is 312 g/mol. The summed E-state index contributed by atoms with van der Waals surface area (Å²) in [6.07, 6.45) is 0.780. The lowest BCUT2D eigenvalue weighted by Gasteiger charge is -2.43. The van der Waals surface area contributed by atoms with Crippen molar-refractivity contribution in [3.8, 4) is 0 Å². The Bertz CT molecular complexity index is 369. The lowest BCUT2D eigenvalue weighted by atomic mass is 9.96. The molecule has 0 amide bonds. The van der Waals surface area contributed by atoms with Crippen molar-refractivity contribution in [2.45, 2.75) is 57.2 Å². The third kappa shape index (κ3) is 6.64. The van der Waals surface area contributed by atoms with E-state index < -0.39 is 32.2 Å². The van der Waals surface area contributed by atoms with Gasteiger partial charge in [-0.1, -0.05) is 26.2 Å². The molecule has 1 saturated heterocycles. The van der Waals surface area contributed by atoms with Gasteiger partial charge in [0.05, 0.1) is 19.2 Å². The van der Waals surface area contributed by atoms with Crippen molar-refractivity contribution in [3.05, 3.63) is 0 Å². The number of ether oxygens (including phenoxy) is 1. The van der Waals surface area contributed by atoms with Crippen LogP contribution in [0.3, 0.4) is 0 Å². The molecule has 0 aromatic carbocycles. The van der Waals surface area contributed by atoms with Crippen molar-refractivity contribution >= 4 is 15.4 Å². The molecule has 0 bridgehead atoms. The first kappa shape index (κ1) is 20.1. The van der Waals surface area contributed by atoms with Gasteiger partial charge in [0, 0.05) is 6.66 Å². The molecule has 0 radical (unpaired) electrons. The van der Waals surface area contributed by atoms with Crippen LogP contribution in [0.1, 0.15) is 32.6 Å². The van der Waals surface area contributed by atoms with Crippen LogP contribution < -0.4 is 0 Å². The van der Waals surface area contributed by atoms with Crippen LogP contribution in [-0.2, 0) is 18.7 Å². The molecule has 1 fully saturated rings. The minimum absolute atomic E-state index is 0.266. The fourth-order valence-corrected chi connectivity index (χ4v) is 2.56. The highest BCUT2D eigenvalue weighted by Crippen LogP contribution is 2.37. The normalized spacial score (nSPS) is 32.8. The average molecular weight is 339 g/mol. The lowest BCUT2D eigenvalue weighted by Crippen LogP contribution is -2.61. The number of hydrogen-bond acceptors (Lipinski definition) is 7. The Balaban J connectivity index is 2.51. The standard InChI is InChI=1S/C12H27BNO7P/c1-3-4-5-6-7-19-14-11(15)9(8-20-22(2,17)18)21-10(13)12(14)16/h9-12,15-16H,3-8,13H2,1-2H3,(H,17,18). The molecule has 5 unspecified atom stereocenters. The maximum atomic E-state index is 11.2. The maximum Gasteiger partial charge on any atom is 0.325 e. The summed E-state index contributed by atoms with van der Waals surface area (Å²) in [5, 5.41) is 21.3. The fraction of sp³-hybridized carbons (Fsp3) is 1.00. The number of morpholine rings is 1. The molecule has 0 aromatic heterocycles. The van der Waals surface area contributed by atoms with Gasteiger partial charge in [-0.25, -0.2) is 0 Å². The molecule has 0 spiro atoms. The van der Waals surface area contributed by atoms with Gasteiger partial charge in [-0.2, -0.15) is 0 Å². The second-order valence-electron chi connectivity index (χ2n) is 5.56. The largest absolute Gasteiger partial charge is 0.374 e. The molecule has 1 heterocycles. The number of hydroxylamine groups is 2. The molecule has 1 aliphatic rings. The van der Waals surface area contributed by atoms with E-state index in [9.17, 15) is 14.8 Å². The van der Waals surface area contributed by atoms with Crippen molar-refractivity contribution in [1.82, 2.24) is 5.06 Å². The molecule has 8 nitrogen and oxygen atoms in total. The monoisotopic (exact) mass is 339 g/mol. The highest BCUT2D eigenvalue weighted by molar-refractivity contribution is 7.51. The van der Waals surface area contributed by atoms with E-state index in [-0.39, 0.29) is 6.61 Å². The topological polar surface area (TPSA) is 109 Å². The van der Waals surface area contributed by atoms with Gasteiger partial charge >= 0.3 is 7.60 Å². The Morgan fingerprint density at radius 3 is 2.55 bits per heavy atom. The molecule has 1 rings (SSSR count). The van der Waals surface area contributed by atoms with E-state index >= 15 is 0 Å². The highest BCUT2D eigenvalue weighted by atomic mass is 31.2. The van der Waals surface area contributed by atoms with Crippen LogP contribution in [0, 0.1) is 0 Å². The SMILES string of the molecule is BC1OC(COP(C)(=O)O)C(O)N(OCCCCCC)C1O. The summed E-state index contributed by atoms with van der Waals surface area (Å²) < 4.78 is 21.4. The quantitative estimate of drug-likeness (QED) is 0.297. The summed E-state index contributed by atoms with van der Waals surface area (Å²) in [6, 6.07) is -0.623. The summed E-state index contributed by atoms with van der Waals surface area (Å²) in [5.74, 6) is 0. The van der Waals surface area contributed by atoms with Crippen LogP contribution >= 0.6 is 7.60 Å². The van der Waals surface area contributed by atoms with Gasteiger partial charge in [0.25, 0.3) is 0 Å². The van der Waals surface area contributed by atoms with Gasteiger partial charge in [0.1, 0.15) is 14.0 Å². The van der Waals surface area contributed by atoms with Crippen LogP contribution in [0.2, 0.25) is 0 Å². The molecular formula is C12H27BNO7P. The highest BCUT2D eigenvalue weighted by Gasteiger charge is 2.42. The van der Waals surface area contributed by atoms with E-state index in [0.717, 1.165) is 37.4 Å². The van der Waals surface area contributed by atoms with E-state index in [0.29, 0.717) is 6.61 Å². The Hall–Kier alpha value is 0.0149.